The van der Waals surface area contributed by atoms with Crippen molar-refractivity contribution in [2.75, 3.05) is 7.05 Å². The summed E-state index contributed by atoms with van der Waals surface area (Å²) in [6, 6.07) is 1.45. The molecule has 2 unspecified atom stereocenters. The van der Waals surface area contributed by atoms with E-state index < -0.39 is 20.3 Å². The lowest BCUT2D eigenvalue weighted by molar-refractivity contribution is -0.142. The van der Waals surface area contributed by atoms with Gasteiger partial charge < -0.3 is 14.4 Å². The molecule has 1 amide bonds. The molecule has 0 saturated carbocycles. The van der Waals surface area contributed by atoms with Crippen molar-refractivity contribution in [2.45, 2.75) is 51.9 Å². The Morgan fingerprint density at radius 1 is 1.47 bits per heavy atom. The van der Waals surface area contributed by atoms with E-state index in [2.05, 4.69) is 6.58 Å². The number of carbonyl (C=O) groups excluding carboxylic acids is 1. The Balaban J connectivity index is 4.79. The first-order valence-electron chi connectivity index (χ1n) is 6.47. The number of esters is 1. The summed E-state index contributed by atoms with van der Waals surface area (Å²) < 4.78 is 6.69. The normalized spacial score (nSPS) is 15.2. The predicted octanol–water partition coefficient (Wildman–Crippen LogP) is 3.09. The highest BCUT2D eigenvalue weighted by molar-refractivity contribution is 6.77. The fourth-order valence-corrected chi connectivity index (χ4v) is 5.79. The predicted molar refractivity (Wildman–Crippen MR) is 77.7 cm³/mol. The maximum absolute atomic E-state index is 11.5. The summed E-state index contributed by atoms with van der Waals surface area (Å²) in [6.45, 7) is 11.0. The van der Waals surface area contributed by atoms with Crippen LogP contribution in [0.2, 0.25) is 18.6 Å². The van der Waals surface area contributed by atoms with E-state index in [0.29, 0.717) is 11.6 Å². The number of carbonyl (C=O) groups is 2. The number of hydrogen-bond acceptors (Lipinski definition) is 3. The molecule has 0 aliphatic rings. The lowest BCUT2D eigenvalue weighted by Crippen LogP contribution is -2.53. The summed E-state index contributed by atoms with van der Waals surface area (Å²) in [7, 11) is -0.545. The van der Waals surface area contributed by atoms with Crippen LogP contribution in [0, 0.1) is 0 Å². The molecule has 0 bridgehead atoms. The van der Waals surface area contributed by atoms with E-state index in [4.69, 9.17) is 9.84 Å². The van der Waals surface area contributed by atoms with Gasteiger partial charge in [0.25, 0.3) is 0 Å². The quantitative estimate of drug-likeness (QED) is 0.444. The van der Waals surface area contributed by atoms with Crippen molar-refractivity contribution in [3.8, 4) is 0 Å². The molecule has 0 aliphatic carbocycles. The summed E-state index contributed by atoms with van der Waals surface area (Å²) >= 11 is 0. The van der Waals surface area contributed by atoms with Gasteiger partial charge in [0.1, 0.15) is 0 Å². The molecule has 0 radical (unpaired) electrons. The van der Waals surface area contributed by atoms with Gasteiger partial charge in [-0.2, -0.15) is 0 Å². The number of ether oxygens (including phenoxy) is 1. The van der Waals surface area contributed by atoms with E-state index in [9.17, 15) is 9.59 Å². The van der Waals surface area contributed by atoms with Crippen molar-refractivity contribution in [3.05, 3.63) is 12.2 Å². The molecular weight excluding hydrogens is 262 g/mol. The molecule has 0 fully saturated rings. The number of carboxylic acid groups (broad SMARTS) is 1. The van der Waals surface area contributed by atoms with Crippen LogP contribution in [0.1, 0.15) is 27.2 Å². The van der Waals surface area contributed by atoms with Crippen LogP contribution in [0.4, 0.5) is 4.79 Å². The third-order valence-electron chi connectivity index (χ3n) is 3.27. The average molecular weight is 287 g/mol. The molecule has 19 heavy (non-hydrogen) atoms. The molecule has 0 aromatic heterocycles. The zero-order valence-electron chi connectivity index (χ0n) is 12.5. The average Bonchev–Trinajstić information content (AvgIpc) is 2.27. The summed E-state index contributed by atoms with van der Waals surface area (Å²) in [4.78, 5) is 22.6. The summed E-state index contributed by atoms with van der Waals surface area (Å²) in [5.41, 5.74) is 0.359. The van der Waals surface area contributed by atoms with Crippen LogP contribution in [-0.2, 0) is 9.53 Å². The summed E-state index contributed by atoms with van der Waals surface area (Å²) in [6.07, 6.45) is -0.295. The van der Waals surface area contributed by atoms with Crippen LogP contribution in [0.15, 0.2) is 12.2 Å². The van der Waals surface area contributed by atoms with E-state index in [1.165, 1.54) is 4.57 Å². The highest BCUT2D eigenvalue weighted by Gasteiger charge is 2.37. The van der Waals surface area contributed by atoms with Crippen LogP contribution in [-0.4, -0.2) is 43.1 Å². The van der Waals surface area contributed by atoms with E-state index in [0.717, 1.165) is 12.5 Å². The molecule has 6 heteroatoms. The highest BCUT2D eigenvalue weighted by Crippen LogP contribution is 2.24. The van der Waals surface area contributed by atoms with Crippen LogP contribution < -0.4 is 0 Å². The minimum Gasteiger partial charge on any atom is -0.465 e. The van der Waals surface area contributed by atoms with Gasteiger partial charge in [0, 0.05) is 12.6 Å². The first-order chi connectivity index (χ1) is 8.64. The number of hydrogen-bond donors (Lipinski definition) is 1. The Hall–Kier alpha value is -1.30. The fourth-order valence-electron chi connectivity index (χ4n) is 2.12. The third-order valence-corrected chi connectivity index (χ3v) is 8.11. The summed E-state index contributed by atoms with van der Waals surface area (Å²) in [5, 5.41) is 9.17. The number of nitrogens with zero attached hydrogens (tertiary/aromatic N) is 1. The Bertz CT molecular complexity index is 359. The zero-order valence-corrected chi connectivity index (χ0v) is 13.5. The second kappa shape index (κ2) is 7.33. The Labute approximate surface area is 116 Å². The van der Waals surface area contributed by atoms with Crippen molar-refractivity contribution >= 4 is 20.3 Å². The van der Waals surface area contributed by atoms with Gasteiger partial charge in [-0.3, -0.25) is 0 Å². The maximum Gasteiger partial charge on any atom is 0.398 e. The Morgan fingerprint density at radius 3 is 2.37 bits per heavy atom. The molecule has 1 N–H and O–H groups in total. The van der Waals surface area contributed by atoms with E-state index >= 15 is 0 Å². The molecular formula is C13H25NO4Si. The van der Waals surface area contributed by atoms with Gasteiger partial charge in [-0.05, 0) is 25.9 Å². The lowest BCUT2D eigenvalue weighted by atomic mass is 10.3. The van der Waals surface area contributed by atoms with Crippen molar-refractivity contribution in [1.29, 1.82) is 0 Å². The first-order valence-corrected chi connectivity index (χ1v) is 9.33. The second-order valence-electron chi connectivity index (χ2n) is 5.29. The van der Waals surface area contributed by atoms with Crippen LogP contribution in [0.5, 0.6) is 0 Å². The third kappa shape index (κ3) is 5.46. The van der Waals surface area contributed by atoms with Gasteiger partial charge in [0.05, 0.1) is 6.10 Å². The molecule has 5 nitrogen and oxygen atoms in total. The fraction of sp³-hybridized carbons (Fsp3) is 0.692. The SMILES string of the molecule is C=C(C)C(=O)OC(C)C[Si](C)(CCC)N(C)C(=O)O. The topological polar surface area (TPSA) is 66.8 Å². The van der Waals surface area contributed by atoms with Crippen molar-refractivity contribution in [3.63, 3.8) is 0 Å². The number of rotatable bonds is 7. The lowest BCUT2D eigenvalue weighted by Gasteiger charge is -2.36. The van der Waals surface area contributed by atoms with Crippen molar-refractivity contribution in [2.24, 2.45) is 0 Å². The van der Waals surface area contributed by atoms with Crippen LogP contribution in [0.25, 0.3) is 0 Å². The van der Waals surface area contributed by atoms with Gasteiger partial charge >= 0.3 is 12.1 Å². The van der Waals surface area contributed by atoms with Crippen molar-refractivity contribution < 1.29 is 19.4 Å². The Kier molecular flexibility index (Phi) is 6.82. The minimum absolute atomic E-state index is 0.297. The molecule has 0 aromatic carbocycles. The highest BCUT2D eigenvalue weighted by atomic mass is 28.3. The first kappa shape index (κ1) is 17.7. The molecule has 0 spiro atoms. The van der Waals surface area contributed by atoms with E-state index in [-0.39, 0.29) is 6.10 Å². The van der Waals surface area contributed by atoms with Gasteiger partial charge in [-0.1, -0.05) is 26.5 Å². The Morgan fingerprint density at radius 2 is 2.00 bits per heavy atom. The molecule has 0 heterocycles. The molecule has 0 aliphatic heterocycles. The molecule has 110 valence electrons. The van der Waals surface area contributed by atoms with Gasteiger partial charge in [-0.15, -0.1) is 0 Å². The van der Waals surface area contributed by atoms with E-state index in [1.807, 2.05) is 13.5 Å². The smallest absolute Gasteiger partial charge is 0.398 e. The van der Waals surface area contributed by atoms with Crippen LogP contribution in [0.3, 0.4) is 0 Å². The largest absolute Gasteiger partial charge is 0.465 e. The standard InChI is InChI=1S/C13H25NO4Si/c1-7-8-19(6,14(5)13(16)17)9-11(4)18-12(15)10(2)3/h11H,2,7-9H2,1,3-6H3,(H,16,17). The molecule has 0 aromatic rings. The molecule has 2 atom stereocenters. The van der Waals surface area contributed by atoms with E-state index in [1.54, 1.807) is 20.9 Å². The molecule has 0 rings (SSSR count). The van der Waals surface area contributed by atoms with Gasteiger partial charge in [0.15, 0.2) is 8.24 Å². The number of amides is 1. The van der Waals surface area contributed by atoms with Crippen LogP contribution >= 0.6 is 0 Å². The maximum atomic E-state index is 11.5. The molecule has 0 saturated heterocycles. The second-order valence-corrected chi connectivity index (χ2v) is 9.86. The zero-order chi connectivity index (χ0) is 15.2. The van der Waals surface area contributed by atoms with Gasteiger partial charge in [0.2, 0.25) is 0 Å². The summed E-state index contributed by atoms with van der Waals surface area (Å²) in [5.74, 6) is -0.418. The monoisotopic (exact) mass is 287 g/mol. The van der Waals surface area contributed by atoms with Gasteiger partial charge in [-0.25, -0.2) is 9.59 Å². The minimum atomic E-state index is -2.15. The van der Waals surface area contributed by atoms with Crippen molar-refractivity contribution in [1.82, 2.24) is 4.57 Å².